The number of aromatic hydroxyl groups is 1. The van der Waals surface area contributed by atoms with Gasteiger partial charge in [0.15, 0.2) is 11.5 Å². The van der Waals surface area contributed by atoms with Crippen LogP contribution in [0.15, 0.2) is 23.0 Å². The highest BCUT2D eigenvalue weighted by molar-refractivity contribution is 5.74. The van der Waals surface area contributed by atoms with Gasteiger partial charge in [0, 0.05) is 18.5 Å². The summed E-state index contributed by atoms with van der Waals surface area (Å²) in [5, 5.41) is 10.4. The lowest BCUT2D eigenvalue weighted by Gasteiger charge is -2.20. The van der Waals surface area contributed by atoms with Crippen molar-refractivity contribution in [1.29, 1.82) is 0 Å². The highest BCUT2D eigenvalue weighted by Gasteiger charge is 2.28. The highest BCUT2D eigenvalue weighted by atomic mass is 16.6. The summed E-state index contributed by atoms with van der Waals surface area (Å²) in [6, 6.07) is 4.41. The van der Waals surface area contributed by atoms with Crippen LogP contribution in [0, 0.1) is 6.92 Å². The molecule has 2 rings (SSSR count). The second-order valence-corrected chi connectivity index (χ2v) is 6.26. The summed E-state index contributed by atoms with van der Waals surface area (Å²) in [6.45, 7) is 2.86. The molecule has 0 amide bonds. The van der Waals surface area contributed by atoms with Gasteiger partial charge in [0.05, 0.1) is 33.3 Å². The fraction of sp³-hybridized carbons (Fsp3) is 0.350. The van der Waals surface area contributed by atoms with Crippen molar-refractivity contribution in [2.24, 2.45) is 0 Å². The number of esters is 2. The van der Waals surface area contributed by atoms with Gasteiger partial charge < -0.3 is 29.0 Å². The summed E-state index contributed by atoms with van der Waals surface area (Å²) in [4.78, 5) is 38.6. The molecule has 29 heavy (non-hydrogen) atoms. The molecule has 156 valence electrons. The Morgan fingerprint density at radius 1 is 1.10 bits per heavy atom. The molecular weight excluding hydrogens is 382 g/mol. The summed E-state index contributed by atoms with van der Waals surface area (Å²) >= 11 is 0. The molecule has 9 nitrogen and oxygen atoms in total. The number of hydrogen-bond acceptors (Lipinski definition) is 8. The van der Waals surface area contributed by atoms with Gasteiger partial charge in [0.25, 0.3) is 5.56 Å². The number of pyridine rings is 1. The minimum Gasteiger partial charge on any atom is -0.507 e. The molecule has 0 unspecified atom stereocenters. The van der Waals surface area contributed by atoms with Crippen LogP contribution in [0.5, 0.6) is 23.0 Å². The number of hydrogen-bond donors (Lipinski definition) is 2. The number of nitrogens with one attached hydrogen (secondary N) is 1. The van der Waals surface area contributed by atoms with Gasteiger partial charge in [-0.2, -0.15) is 0 Å². The molecule has 1 heterocycles. The molecule has 0 bridgehead atoms. The zero-order valence-electron chi connectivity index (χ0n) is 16.8. The van der Waals surface area contributed by atoms with E-state index in [0.29, 0.717) is 11.3 Å². The Labute approximate surface area is 167 Å². The highest BCUT2D eigenvalue weighted by Crippen LogP contribution is 2.43. The number of H-pyrrole nitrogens is 1. The molecule has 0 aliphatic rings. The Morgan fingerprint density at radius 2 is 1.69 bits per heavy atom. The fourth-order valence-electron chi connectivity index (χ4n) is 3.00. The van der Waals surface area contributed by atoms with Crippen LogP contribution in [0.25, 0.3) is 0 Å². The number of carbonyl (C=O) groups is 2. The van der Waals surface area contributed by atoms with E-state index in [1.807, 2.05) is 0 Å². The number of carbonyl (C=O) groups excluding carboxylic acids is 2. The van der Waals surface area contributed by atoms with Crippen molar-refractivity contribution in [2.75, 3.05) is 21.3 Å². The standard InChI is InChI=1S/C20H23NO8/c1-10-6-14(23)18(20(25)21-10)13(9-17(24)28-5)12-7-15(26-3)19(29-11(2)22)16(8-12)27-4/h6-8,13H,9H2,1-5H3,(H2,21,23,25)/t13-/m1/s1. The van der Waals surface area contributed by atoms with E-state index in [1.165, 1.54) is 46.5 Å². The maximum atomic E-state index is 12.6. The molecule has 9 heteroatoms. The molecule has 1 aromatic heterocycles. The average Bonchev–Trinajstić information content (AvgIpc) is 2.65. The van der Waals surface area contributed by atoms with Crippen LogP contribution < -0.4 is 19.8 Å². The van der Waals surface area contributed by atoms with Crippen molar-refractivity contribution in [1.82, 2.24) is 4.98 Å². The van der Waals surface area contributed by atoms with Crippen molar-refractivity contribution in [3.63, 3.8) is 0 Å². The van der Waals surface area contributed by atoms with E-state index >= 15 is 0 Å². The van der Waals surface area contributed by atoms with E-state index in [4.69, 9.17) is 18.9 Å². The molecule has 0 aliphatic heterocycles. The normalized spacial score (nSPS) is 11.5. The lowest BCUT2D eigenvalue weighted by molar-refractivity contribution is -0.140. The molecule has 0 fully saturated rings. The van der Waals surface area contributed by atoms with E-state index in [-0.39, 0.29) is 35.0 Å². The Balaban J connectivity index is 2.73. The molecule has 2 N–H and O–H groups in total. The fourth-order valence-corrected chi connectivity index (χ4v) is 3.00. The summed E-state index contributed by atoms with van der Waals surface area (Å²) < 4.78 is 20.5. The van der Waals surface area contributed by atoms with Crippen LogP contribution in [0.1, 0.15) is 36.1 Å². The molecule has 0 saturated carbocycles. The van der Waals surface area contributed by atoms with Gasteiger partial charge >= 0.3 is 11.9 Å². The summed E-state index contributed by atoms with van der Waals surface area (Å²) in [7, 11) is 3.97. The lowest BCUT2D eigenvalue weighted by Crippen LogP contribution is -2.21. The minimum atomic E-state index is -0.874. The average molecular weight is 405 g/mol. The Kier molecular flexibility index (Phi) is 6.87. The van der Waals surface area contributed by atoms with E-state index in [0.717, 1.165) is 0 Å². The first-order valence-corrected chi connectivity index (χ1v) is 8.65. The maximum Gasteiger partial charge on any atom is 0.308 e. The molecule has 1 aromatic carbocycles. The quantitative estimate of drug-likeness (QED) is 0.530. The van der Waals surface area contributed by atoms with Crippen LogP contribution in [-0.2, 0) is 14.3 Å². The van der Waals surface area contributed by atoms with E-state index in [1.54, 1.807) is 6.92 Å². The molecule has 0 radical (unpaired) electrons. The van der Waals surface area contributed by atoms with Gasteiger partial charge in [-0.1, -0.05) is 0 Å². The molecule has 0 saturated heterocycles. The summed E-state index contributed by atoms with van der Waals surface area (Å²) in [6.07, 6.45) is -0.227. The second kappa shape index (κ2) is 9.13. The smallest absolute Gasteiger partial charge is 0.308 e. The number of benzene rings is 1. The van der Waals surface area contributed by atoms with Gasteiger partial charge in [-0.15, -0.1) is 0 Å². The van der Waals surface area contributed by atoms with Crippen molar-refractivity contribution >= 4 is 11.9 Å². The number of aromatic amines is 1. The molecule has 0 spiro atoms. The van der Waals surface area contributed by atoms with Crippen LogP contribution in [0.2, 0.25) is 0 Å². The van der Waals surface area contributed by atoms with Gasteiger partial charge in [-0.25, -0.2) is 0 Å². The number of methoxy groups -OCH3 is 3. The second-order valence-electron chi connectivity index (χ2n) is 6.26. The Bertz CT molecular complexity index is 954. The predicted octanol–water partition coefficient (Wildman–Crippen LogP) is 2.03. The van der Waals surface area contributed by atoms with E-state index < -0.39 is 23.4 Å². The van der Waals surface area contributed by atoms with Crippen molar-refractivity contribution in [2.45, 2.75) is 26.2 Å². The largest absolute Gasteiger partial charge is 0.507 e. The Morgan fingerprint density at radius 3 is 2.14 bits per heavy atom. The first-order valence-electron chi connectivity index (χ1n) is 8.65. The predicted molar refractivity (Wildman–Crippen MR) is 103 cm³/mol. The van der Waals surface area contributed by atoms with Gasteiger partial charge in [-0.05, 0) is 30.7 Å². The first kappa shape index (κ1) is 21.8. The molecule has 2 aromatic rings. The van der Waals surface area contributed by atoms with Gasteiger partial charge in [0.2, 0.25) is 5.75 Å². The van der Waals surface area contributed by atoms with Crippen LogP contribution in [0.3, 0.4) is 0 Å². The van der Waals surface area contributed by atoms with Crippen LogP contribution >= 0.6 is 0 Å². The number of aromatic nitrogens is 1. The topological polar surface area (TPSA) is 124 Å². The van der Waals surface area contributed by atoms with Crippen LogP contribution in [0.4, 0.5) is 0 Å². The zero-order valence-corrected chi connectivity index (χ0v) is 16.8. The molecule has 0 aliphatic carbocycles. The molecular formula is C20H23NO8. The number of aryl methyl sites for hydroxylation is 1. The van der Waals surface area contributed by atoms with Crippen LogP contribution in [-0.4, -0.2) is 43.4 Å². The van der Waals surface area contributed by atoms with Gasteiger partial charge in [0.1, 0.15) is 5.75 Å². The zero-order chi connectivity index (χ0) is 21.7. The third kappa shape index (κ3) is 4.87. The Hall–Kier alpha value is -3.49. The maximum absolute atomic E-state index is 12.6. The third-order valence-corrected chi connectivity index (χ3v) is 4.26. The monoisotopic (exact) mass is 405 g/mol. The number of ether oxygens (including phenoxy) is 4. The lowest BCUT2D eigenvalue weighted by atomic mass is 9.88. The van der Waals surface area contributed by atoms with Crippen molar-refractivity contribution in [3.05, 3.63) is 45.4 Å². The first-order chi connectivity index (χ1) is 13.7. The SMILES string of the molecule is COC(=O)C[C@H](c1cc(OC)c(OC(C)=O)c(OC)c1)c1c(O)cc(C)[nH]c1=O. The minimum absolute atomic E-state index is 0.00894. The number of rotatable bonds is 7. The van der Waals surface area contributed by atoms with Crippen molar-refractivity contribution in [3.8, 4) is 23.0 Å². The third-order valence-electron chi connectivity index (χ3n) is 4.26. The molecule has 1 atom stereocenters. The summed E-state index contributed by atoms with van der Waals surface area (Å²) in [5.74, 6) is -1.92. The van der Waals surface area contributed by atoms with E-state index in [2.05, 4.69) is 4.98 Å². The summed E-state index contributed by atoms with van der Waals surface area (Å²) in [5.41, 5.74) is 0.335. The van der Waals surface area contributed by atoms with E-state index in [9.17, 15) is 19.5 Å². The van der Waals surface area contributed by atoms with Crippen molar-refractivity contribution < 1.29 is 33.6 Å². The van der Waals surface area contributed by atoms with Gasteiger partial charge in [-0.3, -0.25) is 14.4 Å².